The number of anilines is 1. The molecule has 1 unspecified atom stereocenters. The molecule has 0 aromatic carbocycles. The number of fused-ring (bicyclic) bond motifs is 1. The van der Waals surface area contributed by atoms with E-state index in [4.69, 9.17) is 5.73 Å². The Kier molecular flexibility index (Phi) is 2.52. The summed E-state index contributed by atoms with van der Waals surface area (Å²) in [5, 5.41) is 8.13. The standard InChI is InChI=1S/C12H18N4/c13-11-4-3-9-7-16(8-10(9)6-11)12-2-1-5-14-15-12/h1-2,5,9-11H,3-4,6-8,13H2/t9-,10+,11?/m1/s1. The lowest BCUT2D eigenvalue weighted by atomic mass is 9.79. The summed E-state index contributed by atoms with van der Waals surface area (Å²) in [4.78, 5) is 2.36. The highest BCUT2D eigenvalue weighted by atomic mass is 15.3. The minimum Gasteiger partial charge on any atom is -0.355 e. The van der Waals surface area contributed by atoms with E-state index < -0.39 is 0 Å². The SMILES string of the molecule is NC1CC[C@@H]2CN(c3cccnn3)C[C@@H]2C1. The monoisotopic (exact) mass is 218 g/mol. The number of nitrogens with two attached hydrogens (primary N) is 1. The lowest BCUT2D eigenvalue weighted by Crippen LogP contribution is -2.32. The normalized spacial score (nSPS) is 33.8. The van der Waals surface area contributed by atoms with E-state index in [2.05, 4.69) is 15.1 Å². The van der Waals surface area contributed by atoms with Crippen molar-refractivity contribution in [2.75, 3.05) is 18.0 Å². The van der Waals surface area contributed by atoms with Crippen LogP contribution in [0.2, 0.25) is 0 Å². The van der Waals surface area contributed by atoms with Crippen molar-refractivity contribution in [2.45, 2.75) is 25.3 Å². The van der Waals surface area contributed by atoms with E-state index in [1.807, 2.05) is 12.1 Å². The van der Waals surface area contributed by atoms with Crippen molar-refractivity contribution >= 4 is 5.82 Å². The molecule has 2 N–H and O–H groups in total. The van der Waals surface area contributed by atoms with Gasteiger partial charge in [-0.25, -0.2) is 0 Å². The molecule has 16 heavy (non-hydrogen) atoms. The van der Waals surface area contributed by atoms with Crippen LogP contribution >= 0.6 is 0 Å². The zero-order valence-electron chi connectivity index (χ0n) is 9.42. The first-order chi connectivity index (χ1) is 7.83. The molecular weight excluding hydrogens is 200 g/mol. The Morgan fingerprint density at radius 2 is 2.12 bits per heavy atom. The molecule has 3 rings (SSSR count). The Morgan fingerprint density at radius 1 is 1.25 bits per heavy atom. The largest absolute Gasteiger partial charge is 0.355 e. The lowest BCUT2D eigenvalue weighted by molar-refractivity contribution is 0.271. The molecule has 1 aromatic heterocycles. The molecule has 1 saturated heterocycles. The molecule has 0 radical (unpaired) electrons. The fourth-order valence-corrected chi connectivity index (χ4v) is 3.12. The summed E-state index contributed by atoms with van der Waals surface area (Å²) in [5.74, 6) is 2.61. The Hall–Kier alpha value is -1.16. The maximum atomic E-state index is 6.03. The van der Waals surface area contributed by atoms with Gasteiger partial charge in [0.2, 0.25) is 0 Å². The van der Waals surface area contributed by atoms with Crippen LogP contribution in [0.4, 0.5) is 5.82 Å². The molecule has 3 atom stereocenters. The highest BCUT2D eigenvalue weighted by Crippen LogP contribution is 2.36. The van der Waals surface area contributed by atoms with Gasteiger partial charge in [0.15, 0.2) is 5.82 Å². The summed E-state index contributed by atoms with van der Waals surface area (Å²) < 4.78 is 0. The van der Waals surface area contributed by atoms with Gasteiger partial charge in [0.05, 0.1) is 0 Å². The fourth-order valence-electron chi connectivity index (χ4n) is 3.12. The van der Waals surface area contributed by atoms with Gasteiger partial charge in [-0.3, -0.25) is 0 Å². The Labute approximate surface area is 95.8 Å². The van der Waals surface area contributed by atoms with Gasteiger partial charge in [-0.2, -0.15) is 5.10 Å². The number of hydrogen-bond acceptors (Lipinski definition) is 4. The third-order valence-electron chi connectivity index (χ3n) is 3.97. The van der Waals surface area contributed by atoms with Crippen molar-refractivity contribution < 1.29 is 0 Å². The predicted octanol–water partition coefficient (Wildman–Crippen LogP) is 1.04. The van der Waals surface area contributed by atoms with Gasteiger partial charge in [-0.05, 0) is 43.2 Å². The van der Waals surface area contributed by atoms with Crippen molar-refractivity contribution in [3.8, 4) is 0 Å². The molecular formula is C12H18N4. The maximum absolute atomic E-state index is 6.03. The third kappa shape index (κ3) is 1.78. The van der Waals surface area contributed by atoms with E-state index in [0.29, 0.717) is 6.04 Å². The summed E-state index contributed by atoms with van der Waals surface area (Å²) in [6.45, 7) is 2.24. The quantitative estimate of drug-likeness (QED) is 0.765. The molecule has 1 aromatic rings. The molecule has 1 saturated carbocycles. The second-order valence-corrected chi connectivity index (χ2v) is 5.08. The smallest absolute Gasteiger partial charge is 0.151 e. The second kappa shape index (κ2) is 4.01. The minimum atomic E-state index is 0.419. The maximum Gasteiger partial charge on any atom is 0.151 e. The van der Waals surface area contributed by atoms with Crippen LogP contribution in [0, 0.1) is 11.8 Å². The van der Waals surface area contributed by atoms with Gasteiger partial charge in [-0.1, -0.05) is 0 Å². The third-order valence-corrected chi connectivity index (χ3v) is 3.97. The van der Waals surface area contributed by atoms with Gasteiger partial charge in [0.1, 0.15) is 0 Å². The van der Waals surface area contributed by atoms with Crippen molar-refractivity contribution in [3.05, 3.63) is 18.3 Å². The van der Waals surface area contributed by atoms with Gasteiger partial charge in [0.25, 0.3) is 0 Å². The van der Waals surface area contributed by atoms with Crippen LogP contribution in [0.1, 0.15) is 19.3 Å². The van der Waals surface area contributed by atoms with Crippen LogP contribution in [0.3, 0.4) is 0 Å². The Balaban J connectivity index is 1.73. The van der Waals surface area contributed by atoms with Crippen LogP contribution in [-0.4, -0.2) is 29.3 Å². The van der Waals surface area contributed by atoms with Gasteiger partial charge >= 0.3 is 0 Å². The number of hydrogen-bond donors (Lipinski definition) is 1. The van der Waals surface area contributed by atoms with Crippen molar-refractivity contribution in [3.63, 3.8) is 0 Å². The first kappa shape index (κ1) is 10.0. The van der Waals surface area contributed by atoms with Gasteiger partial charge < -0.3 is 10.6 Å². The molecule has 4 heteroatoms. The van der Waals surface area contributed by atoms with Crippen molar-refractivity contribution in [1.82, 2.24) is 10.2 Å². The molecule has 1 aliphatic carbocycles. The van der Waals surface area contributed by atoms with Crippen LogP contribution in [0.25, 0.3) is 0 Å². The molecule has 0 bridgehead atoms. The van der Waals surface area contributed by atoms with Crippen LogP contribution in [-0.2, 0) is 0 Å². The molecule has 0 amide bonds. The average Bonchev–Trinajstić information content (AvgIpc) is 2.73. The molecule has 2 aliphatic rings. The summed E-state index contributed by atoms with van der Waals surface area (Å²) in [6, 6.07) is 4.42. The Morgan fingerprint density at radius 3 is 2.94 bits per heavy atom. The summed E-state index contributed by atoms with van der Waals surface area (Å²) in [6.07, 6.45) is 5.38. The van der Waals surface area contributed by atoms with Crippen molar-refractivity contribution in [2.24, 2.45) is 17.6 Å². The first-order valence-electron chi connectivity index (χ1n) is 6.11. The molecule has 0 spiro atoms. The summed E-state index contributed by atoms with van der Waals surface area (Å²) in [7, 11) is 0. The van der Waals surface area contributed by atoms with E-state index in [1.165, 1.54) is 19.3 Å². The van der Waals surface area contributed by atoms with E-state index in [9.17, 15) is 0 Å². The highest BCUT2D eigenvalue weighted by molar-refractivity contribution is 5.38. The summed E-state index contributed by atoms with van der Waals surface area (Å²) >= 11 is 0. The van der Waals surface area contributed by atoms with E-state index in [-0.39, 0.29) is 0 Å². The Bertz CT molecular complexity index is 353. The number of aromatic nitrogens is 2. The molecule has 4 nitrogen and oxygen atoms in total. The zero-order valence-corrected chi connectivity index (χ0v) is 9.42. The predicted molar refractivity (Wildman–Crippen MR) is 63.1 cm³/mol. The fraction of sp³-hybridized carbons (Fsp3) is 0.667. The molecule has 2 heterocycles. The van der Waals surface area contributed by atoms with Crippen LogP contribution < -0.4 is 10.6 Å². The highest BCUT2D eigenvalue weighted by Gasteiger charge is 2.37. The van der Waals surface area contributed by atoms with E-state index in [0.717, 1.165) is 30.7 Å². The van der Waals surface area contributed by atoms with Crippen molar-refractivity contribution in [1.29, 1.82) is 0 Å². The topological polar surface area (TPSA) is 55.0 Å². The van der Waals surface area contributed by atoms with Crippen LogP contribution in [0.5, 0.6) is 0 Å². The van der Waals surface area contributed by atoms with E-state index in [1.54, 1.807) is 6.20 Å². The van der Waals surface area contributed by atoms with E-state index >= 15 is 0 Å². The van der Waals surface area contributed by atoms with Gasteiger partial charge in [-0.15, -0.1) is 5.10 Å². The molecule has 1 aliphatic heterocycles. The first-order valence-corrected chi connectivity index (χ1v) is 6.11. The number of rotatable bonds is 1. The lowest BCUT2D eigenvalue weighted by Gasteiger charge is -2.27. The zero-order chi connectivity index (χ0) is 11.0. The minimum absolute atomic E-state index is 0.419. The second-order valence-electron chi connectivity index (χ2n) is 5.08. The molecule has 2 fully saturated rings. The molecule has 86 valence electrons. The number of nitrogens with zero attached hydrogens (tertiary/aromatic N) is 3. The average molecular weight is 218 g/mol. The summed E-state index contributed by atoms with van der Waals surface area (Å²) in [5.41, 5.74) is 6.03. The van der Waals surface area contributed by atoms with Gasteiger partial charge in [0, 0.05) is 25.3 Å². The van der Waals surface area contributed by atoms with Crippen LogP contribution in [0.15, 0.2) is 18.3 Å².